The predicted octanol–water partition coefficient (Wildman–Crippen LogP) is 2.36. The average molecular weight is 341 g/mol. The van der Waals surface area contributed by atoms with Crippen LogP contribution in [0.5, 0.6) is 0 Å². The van der Waals surface area contributed by atoms with Crippen molar-refractivity contribution in [1.82, 2.24) is 15.5 Å². The molecule has 1 aromatic carbocycles. The van der Waals surface area contributed by atoms with Crippen LogP contribution < -0.4 is 10.6 Å². The van der Waals surface area contributed by atoms with Crippen LogP contribution in [0.4, 0.5) is 0 Å². The Labute approximate surface area is 145 Å². The monoisotopic (exact) mass is 340 g/mol. The molecule has 0 bridgehead atoms. The number of aliphatic imine (C=N–C) groups is 1. The van der Waals surface area contributed by atoms with Crippen LogP contribution in [0.3, 0.4) is 0 Å². The lowest BCUT2D eigenvalue weighted by Crippen LogP contribution is -2.38. The first-order valence-corrected chi connectivity index (χ1v) is 8.47. The smallest absolute Gasteiger partial charge is 0.191 e. The Kier molecular flexibility index (Phi) is 10.4. The van der Waals surface area contributed by atoms with Crippen LogP contribution in [0.1, 0.15) is 18.9 Å². The molecule has 130 valence electrons. The molecule has 0 aliphatic rings. The number of hydrogen-bond acceptors (Lipinski definition) is 3. The number of halogens is 1. The third-order valence-electron chi connectivity index (χ3n) is 3.36. The second-order valence-electron chi connectivity index (χ2n) is 5.40. The molecule has 0 saturated carbocycles. The van der Waals surface area contributed by atoms with Gasteiger partial charge in [0.05, 0.1) is 13.2 Å². The van der Waals surface area contributed by atoms with Crippen molar-refractivity contribution in [1.29, 1.82) is 0 Å². The van der Waals surface area contributed by atoms with Crippen LogP contribution in [0.2, 0.25) is 5.02 Å². The Morgan fingerprint density at radius 1 is 1.22 bits per heavy atom. The minimum absolute atomic E-state index is 0.639. The molecule has 0 radical (unpaired) electrons. The van der Waals surface area contributed by atoms with Crippen LogP contribution in [0.25, 0.3) is 0 Å². The number of benzene rings is 1. The number of nitrogens with zero attached hydrogens (tertiary/aromatic N) is 2. The van der Waals surface area contributed by atoms with Crippen molar-refractivity contribution < 1.29 is 4.74 Å². The van der Waals surface area contributed by atoms with E-state index in [1.807, 2.05) is 24.3 Å². The third kappa shape index (κ3) is 9.43. The normalized spacial score (nSPS) is 11.8. The van der Waals surface area contributed by atoms with E-state index in [0.29, 0.717) is 6.54 Å². The summed E-state index contributed by atoms with van der Waals surface area (Å²) in [6, 6.07) is 7.78. The van der Waals surface area contributed by atoms with Crippen molar-refractivity contribution in [3.05, 3.63) is 34.9 Å². The Morgan fingerprint density at radius 2 is 1.96 bits per heavy atom. The molecule has 0 aromatic heterocycles. The SMILES string of the molecule is CCNC(=NCc1ccc(Cl)cc1)NCCCN(C)CCOC. The number of guanidine groups is 1. The van der Waals surface area contributed by atoms with E-state index >= 15 is 0 Å². The van der Waals surface area contributed by atoms with Gasteiger partial charge in [-0.1, -0.05) is 23.7 Å². The highest BCUT2D eigenvalue weighted by atomic mass is 35.5. The lowest BCUT2D eigenvalue weighted by molar-refractivity contribution is 0.161. The molecular weight excluding hydrogens is 312 g/mol. The number of rotatable bonds is 10. The summed E-state index contributed by atoms with van der Waals surface area (Å²) in [7, 11) is 3.84. The summed E-state index contributed by atoms with van der Waals surface area (Å²) >= 11 is 5.89. The van der Waals surface area contributed by atoms with Gasteiger partial charge < -0.3 is 20.3 Å². The summed E-state index contributed by atoms with van der Waals surface area (Å²) in [5.74, 6) is 0.849. The molecule has 0 unspecified atom stereocenters. The number of hydrogen-bond donors (Lipinski definition) is 2. The molecular formula is C17H29ClN4O. The van der Waals surface area contributed by atoms with E-state index in [0.717, 1.165) is 55.8 Å². The number of likely N-dealkylation sites (N-methyl/N-ethyl adjacent to an activating group) is 1. The van der Waals surface area contributed by atoms with Crippen LogP contribution in [0.15, 0.2) is 29.3 Å². The zero-order valence-corrected chi connectivity index (χ0v) is 15.2. The van der Waals surface area contributed by atoms with Gasteiger partial charge in [-0.3, -0.25) is 0 Å². The highest BCUT2D eigenvalue weighted by Crippen LogP contribution is 2.10. The molecule has 0 spiro atoms. The summed E-state index contributed by atoms with van der Waals surface area (Å²) in [5.41, 5.74) is 1.14. The Balaban J connectivity index is 2.33. The zero-order valence-electron chi connectivity index (χ0n) is 14.4. The topological polar surface area (TPSA) is 48.9 Å². The molecule has 1 aromatic rings. The Bertz CT molecular complexity index is 450. The van der Waals surface area contributed by atoms with E-state index in [2.05, 4.69) is 34.5 Å². The molecule has 5 nitrogen and oxygen atoms in total. The number of methoxy groups -OCH3 is 1. The highest BCUT2D eigenvalue weighted by molar-refractivity contribution is 6.30. The second-order valence-corrected chi connectivity index (χ2v) is 5.83. The van der Waals surface area contributed by atoms with Crippen molar-refractivity contribution in [3.8, 4) is 0 Å². The van der Waals surface area contributed by atoms with Crippen molar-refractivity contribution in [2.75, 3.05) is 46.9 Å². The van der Waals surface area contributed by atoms with Crippen molar-refractivity contribution >= 4 is 17.6 Å². The van der Waals surface area contributed by atoms with Crippen molar-refractivity contribution in [2.24, 2.45) is 4.99 Å². The highest BCUT2D eigenvalue weighted by Gasteiger charge is 2.00. The average Bonchev–Trinajstić information content (AvgIpc) is 2.56. The van der Waals surface area contributed by atoms with Crippen LogP contribution >= 0.6 is 11.6 Å². The van der Waals surface area contributed by atoms with Crippen LogP contribution in [0, 0.1) is 0 Å². The first-order valence-electron chi connectivity index (χ1n) is 8.09. The van der Waals surface area contributed by atoms with Gasteiger partial charge >= 0.3 is 0 Å². The summed E-state index contributed by atoms with van der Waals surface area (Å²) < 4.78 is 5.08. The fraction of sp³-hybridized carbons (Fsp3) is 0.588. The van der Waals surface area contributed by atoms with Crippen LogP contribution in [-0.4, -0.2) is 57.8 Å². The molecule has 6 heteroatoms. The van der Waals surface area contributed by atoms with Crippen molar-refractivity contribution in [3.63, 3.8) is 0 Å². The quantitative estimate of drug-likeness (QED) is 0.390. The zero-order chi connectivity index (χ0) is 16.9. The van der Waals surface area contributed by atoms with Gasteiger partial charge in [-0.05, 0) is 44.6 Å². The van der Waals surface area contributed by atoms with Crippen molar-refractivity contribution in [2.45, 2.75) is 19.9 Å². The maximum atomic E-state index is 5.89. The number of ether oxygens (including phenoxy) is 1. The maximum absolute atomic E-state index is 5.89. The fourth-order valence-electron chi connectivity index (χ4n) is 2.02. The summed E-state index contributed by atoms with van der Waals surface area (Å²) in [4.78, 5) is 6.86. The third-order valence-corrected chi connectivity index (χ3v) is 3.62. The maximum Gasteiger partial charge on any atom is 0.191 e. The number of nitrogens with one attached hydrogen (secondary N) is 2. The minimum atomic E-state index is 0.639. The lowest BCUT2D eigenvalue weighted by atomic mass is 10.2. The first kappa shape index (κ1) is 19.7. The summed E-state index contributed by atoms with van der Waals surface area (Å²) in [5, 5.41) is 7.38. The molecule has 0 atom stereocenters. The molecule has 0 heterocycles. The summed E-state index contributed by atoms with van der Waals surface area (Å²) in [6.45, 7) is 7.21. The van der Waals surface area contributed by atoms with Gasteiger partial charge in [0.1, 0.15) is 0 Å². The van der Waals surface area contributed by atoms with E-state index < -0.39 is 0 Å². The standard InChI is InChI=1S/C17H29ClN4O/c1-4-19-17(20-10-5-11-22(2)12-13-23-3)21-14-15-6-8-16(18)9-7-15/h6-9H,4-5,10-14H2,1-3H3,(H2,19,20,21). The minimum Gasteiger partial charge on any atom is -0.383 e. The van der Waals surface area contributed by atoms with Gasteiger partial charge in [-0.15, -0.1) is 0 Å². The van der Waals surface area contributed by atoms with Gasteiger partial charge in [0, 0.05) is 31.8 Å². The van der Waals surface area contributed by atoms with Gasteiger partial charge in [0.15, 0.2) is 5.96 Å². The molecule has 0 aliphatic heterocycles. The largest absolute Gasteiger partial charge is 0.383 e. The van der Waals surface area contributed by atoms with E-state index in [4.69, 9.17) is 16.3 Å². The van der Waals surface area contributed by atoms with Gasteiger partial charge in [0.2, 0.25) is 0 Å². The van der Waals surface area contributed by atoms with E-state index in [1.54, 1.807) is 7.11 Å². The molecule has 0 fully saturated rings. The molecule has 1 rings (SSSR count). The van der Waals surface area contributed by atoms with Gasteiger partial charge in [-0.25, -0.2) is 4.99 Å². The fourth-order valence-corrected chi connectivity index (χ4v) is 2.14. The molecule has 23 heavy (non-hydrogen) atoms. The van der Waals surface area contributed by atoms with Crippen LogP contribution in [-0.2, 0) is 11.3 Å². The molecule has 0 aliphatic carbocycles. The molecule has 0 saturated heterocycles. The summed E-state index contributed by atoms with van der Waals surface area (Å²) in [6.07, 6.45) is 1.06. The van der Waals surface area contributed by atoms with E-state index in [9.17, 15) is 0 Å². The molecule has 0 amide bonds. The first-order chi connectivity index (χ1) is 11.2. The molecule has 2 N–H and O–H groups in total. The van der Waals surface area contributed by atoms with Gasteiger partial charge in [0.25, 0.3) is 0 Å². The Hall–Kier alpha value is -1.30. The van der Waals surface area contributed by atoms with E-state index in [-0.39, 0.29) is 0 Å². The Morgan fingerprint density at radius 3 is 2.61 bits per heavy atom. The second kappa shape index (κ2) is 12.2. The predicted molar refractivity (Wildman–Crippen MR) is 98.3 cm³/mol. The van der Waals surface area contributed by atoms with E-state index in [1.165, 1.54) is 0 Å². The van der Waals surface area contributed by atoms with Gasteiger partial charge in [-0.2, -0.15) is 0 Å². The lowest BCUT2D eigenvalue weighted by Gasteiger charge is -2.17.